The highest BCUT2D eigenvalue weighted by atomic mass is 35.5. The van der Waals surface area contributed by atoms with Crippen molar-refractivity contribution in [3.8, 4) is 0 Å². The number of nitrogens with zero attached hydrogens (tertiary/aromatic N) is 3. The van der Waals surface area contributed by atoms with Crippen LogP contribution in [-0.2, 0) is 9.59 Å². The number of benzene rings is 1. The lowest BCUT2D eigenvalue weighted by Gasteiger charge is -2.38. The molecule has 6 nitrogen and oxygen atoms in total. The molecular formula is C23H35ClN4O2. The predicted octanol–water partition coefficient (Wildman–Crippen LogP) is 2.64. The summed E-state index contributed by atoms with van der Waals surface area (Å²) in [6.45, 7) is 12.3. The van der Waals surface area contributed by atoms with Gasteiger partial charge in [-0.2, -0.15) is 0 Å². The van der Waals surface area contributed by atoms with Gasteiger partial charge >= 0.3 is 0 Å². The molecule has 0 unspecified atom stereocenters. The van der Waals surface area contributed by atoms with Crippen molar-refractivity contribution in [2.24, 2.45) is 11.8 Å². The normalized spacial score (nSPS) is 24.5. The van der Waals surface area contributed by atoms with Gasteiger partial charge in [-0.3, -0.25) is 19.4 Å². The smallest absolute Gasteiger partial charge is 0.236 e. The second kappa shape index (κ2) is 10.6. The number of hydrogen-bond donors (Lipinski definition) is 1. The summed E-state index contributed by atoms with van der Waals surface area (Å²) in [7, 11) is 0. The number of likely N-dealkylation sites (tertiary alicyclic amines) is 1. The summed E-state index contributed by atoms with van der Waals surface area (Å²) in [6.07, 6.45) is 1.21. The van der Waals surface area contributed by atoms with Gasteiger partial charge in [-0.25, -0.2) is 0 Å². The van der Waals surface area contributed by atoms with Crippen LogP contribution in [0.25, 0.3) is 0 Å². The maximum atomic E-state index is 12.7. The number of rotatable bonds is 6. The molecule has 2 heterocycles. The van der Waals surface area contributed by atoms with Crippen LogP contribution in [0.5, 0.6) is 0 Å². The molecule has 2 aliphatic rings. The lowest BCUT2D eigenvalue weighted by Crippen LogP contribution is -2.53. The molecule has 3 atom stereocenters. The van der Waals surface area contributed by atoms with Gasteiger partial charge in [-0.15, -0.1) is 0 Å². The van der Waals surface area contributed by atoms with Gasteiger partial charge in [-0.1, -0.05) is 43.6 Å². The first-order valence-electron chi connectivity index (χ1n) is 11.1. The number of piperazine rings is 1. The second-order valence-corrected chi connectivity index (χ2v) is 9.51. The average molecular weight is 435 g/mol. The fourth-order valence-corrected chi connectivity index (χ4v) is 4.96. The maximum absolute atomic E-state index is 12.7. The number of amides is 2. The molecule has 2 fully saturated rings. The van der Waals surface area contributed by atoms with Crippen molar-refractivity contribution in [1.82, 2.24) is 20.0 Å². The minimum absolute atomic E-state index is 0.00300. The highest BCUT2D eigenvalue weighted by molar-refractivity contribution is 6.31. The molecular weight excluding hydrogens is 400 g/mol. The summed E-state index contributed by atoms with van der Waals surface area (Å²) >= 11 is 6.23. The van der Waals surface area contributed by atoms with E-state index in [0.717, 1.165) is 44.8 Å². The van der Waals surface area contributed by atoms with Gasteiger partial charge in [-0.05, 0) is 36.8 Å². The van der Waals surface area contributed by atoms with Crippen LogP contribution in [0.4, 0.5) is 0 Å². The highest BCUT2D eigenvalue weighted by Gasteiger charge is 2.28. The SMILES string of the molecule is C[C@@H]1C[C@H](C)CN(C(=O)CN2CCN(CC(=O)N[C@H](C)c3ccccc3Cl)CC2)C1. The van der Waals surface area contributed by atoms with Gasteiger partial charge < -0.3 is 10.2 Å². The van der Waals surface area contributed by atoms with E-state index in [4.69, 9.17) is 11.6 Å². The molecule has 0 saturated carbocycles. The molecule has 1 N–H and O–H groups in total. The molecule has 30 heavy (non-hydrogen) atoms. The summed E-state index contributed by atoms with van der Waals surface area (Å²) in [6, 6.07) is 7.46. The van der Waals surface area contributed by atoms with Gasteiger partial charge in [0.1, 0.15) is 0 Å². The Hall–Kier alpha value is -1.63. The first-order valence-corrected chi connectivity index (χ1v) is 11.5. The largest absolute Gasteiger partial charge is 0.348 e. The van der Waals surface area contributed by atoms with Crippen LogP contribution >= 0.6 is 11.6 Å². The summed E-state index contributed by atoms with van der Waals surface area (Å²) in [4.78, 5) is 31.6. The van der Waals surface area contributed by atoms with Crippen molar-refractivity contribution in [3.63, 3.8) is 0 Å². The van der Waals surface area contributed by atoms with Crippen molar-refractivity contribution in [2.45, 2.75) is 33.2 Å². The lowest BCUT2D eigenvalue weighted by molar-refractivity contribution is -0.135. The van der Waals surface area contributed by atoms with E-state index in [1.165, 1.54) is 6.42 Å². The van der Waals surface area contributed by atoms with Crippen LogP contribution < -0.4 is 5.32 Å². The molecule has 2 amide bonds. The molecule has 7 heteroatoms. The molecule has 0 radical (unpaired) electrons. The average Bonchev–Trinajstić information content (AvgIpc) is 2.69. The van der Waals surface area contributed by atoms with E-state index in [1.807, 2.05) is 36.1 Å². The molecule has 166 valence electrons. The Balaban J connectivity index is 1.39. The van der Waals surface area contributed by atoms with E-state index in [9.17, 15) is 9.59 Å². The van der Waals surface area contributed by atoms with Crippen LogP contribution in [-0.4, -0.2) is 78.9 Å². The predicted molar refractivity (Wildman–Crippen MR) is 120 cm³/mol. The Kier molecular flexibility index (Phi) is 8.14. The number of piperidine rings is 1. The van der Waals surface area contributed by atoms with Crippen molar-refractivity contribution >= 4 is 23.4 Å². The Morgan fingerprint density at radius 2 is 1.60 bits per heavy atom. The summed E-state index contributed by atoms with van der Waals surface area (Å²) < 4.78 is 0. The highest BCUT2D eigenvalue weighted by Crippen LogP contribution is 2.22. The van der Waals surface area contributed by atoms with Crippen LogP contribution in [0.3, 0.4) is 0 Å². The summed E-state index contributed by atoms with van der Waals surface area (Å²) in [5, 5.41) is 3.71. The molecule has 2 aliphatic heterocycles. The summed E-state index contributed by atoms with van der Waals surface area (Å²) in [5.74, 6) is 1.42. The minimum Gasteiger partial charge on any atom is -0.348 e. The number of carbonyl (C=O) groups excluding carboxylic acids is 2. The Morgan fingerprint density at radius 1 is 1.03 bits per heavy atom. The van der Waals surface area contributed by atoms with Gasteiger partial charge in [0.2, 0.25) is 11.8 Å². The van der Waals surface area contributed by atoms with Crippen molar-refractivity contribution < 1.29 is 9.59 Å². The molecule has 3 rings (SSSR count). The third-order valence-electron chi connectivity index (χ3n) is 6.16. The van der Waals surface area contributed by atoms with E-state index in [-0.39, 0.29) is 17.9 Å². The van der Waals surface area contributed by atoms with Crippen LogP contribution in [0.2, 0.25) is 5.02 Å². The third kappa shape index (κ3) is 6.43. The molecule has 0 bridgehead atoms. The van der Waals surface area contributed by atoms with Crippen LogP contribution in [0, 0.1) is 11.8 Å². The van der Waals surface area contributed by atoms with Crippen LogP contribution in [0.15, 0.2) is 24.3 Å². The Bertz CT molecular complexity index is 726. The quantitative estimate of drug-likeness (QED) is 0.747. The van der Waals surface area contributed by atoms with E-state index in [2.05, 4.69) is 29.0 Å². The maximum Gasteiger partial charge on any atom is 0.236 e. The topological polar surface area (TPSA) is 55.9 Å². The Labute approximate surface area is 185 Å². The van der Waals surface area contributed by atoms with Crippen molar-refractivity contribution in [3.05, 3.63) is 34.9 Å². The minimum atomic E-state index is -0.126. The lowest BCUT2D eigenvalue weighted by atomic mass is 9.92. The van der Waals surface area contributed by atoms with Gasteiger partial charge in [0.05, 0.1) is 19.1 Å². The van der Waals surface area contributed by atoms with E-state index < -0.39 is 0 Å². The van der Waals surface area contributed by atoms with Gasteiger partial charge in [0.25, 0.3) is 0 Å². The zero-order valence-electron chi connectivity index (χ0n) is 18.4. The molecule has 2 saturated heterocycles. The van der Waals surface area contributed by atoms with E-state index >= 15 is 0 Å². The standard InChI is InChI=1S/C23H35ClN4O2/c1-17-12-18(2)14-28(13-17)23(30)16-27-10-8-26(9-11-27)15-22(29)25-19(3)20-6-4-5-7-21(20)24/h4-7,17-19H,8-16H2,1-3H3,(H,25,29)/t17-,18+,19-/m1/s1. The Morgan fingerprint density at radius 3 is 2.20 bits per heavy atom. The number of halogens is 1. The zero-order valence-corrected chi connectivity index (χ0v) is 19.2. The van der Waals surface area contributed by atoms with Gasteiger partial charge in [0.15, 0.2) is 0 Å². The van der Waals surface area contributed by atoms with Crippen LogP contribution in [0.1, 0.15) is 38.8 Å². The zero-order chi connectivity index (χ0) is 21.7. The van der Waals surface area contributed by atoms with Crippen molar-refractivity contribution in [2.75, 3.05) is 52.4 Å². The molecule has 1 aromatic rings. The molecule has 1 aromatic carbocycles. The van der Waals surface area contributed by atoms with Crippen molar-refractivity contribution in [1.29, 1.82) is 0 Å². The first kappa shape index (κ1) is 23.0. The van der Waals surface area contributed by atoms with Gasteiger partial charge in [0, 0.05) is 44.3 Å². The molecule has 0 aromatic heterocycles. The number of carbonyl (C=O) groups is 2. The van der Waals surface area contributed by atoms with E-state index in [1.54, 1.807) is 0 Å². The monoisotopic (exact) mass is 434 g/mol. The first-order chi connectivity index (χ1) is 14.3. The number of nitrogens with one attached hydrogen (secondary N) is 1. The van der Waals surface area contributed by atoms with E-state index in [0.29, 0.717) is 29.9 Å². The third-order valence-corrected chi connectivity index (χ3v) is 6.51. The fourth-order valence-electron chi connectivity index (χ4n) is 4.66. The fraction of sp³-hybridized carbons (Fsp3) is 0.652. The molecule has 0 aliphatic carbocycles. The second-order valence-electron chi connectivity index (χ2n) is 9.11. The molecule has 0 spiro atoms. The number of hydrogen-bond acceptors (Lipinski definition) is 4. The summed E-state index contributed by atoms with van der Waals surface area (Å²) in [5.41, 5.74) is 0.928.